The van der Waals surface area contributed by atoms with Gasteiger partial charge in [-0.15, -0.1) is 0 Å². The Morgan fingerprint density at radius 2 is 2.50 bits per heavy atom. The summed E-state index contributed by atoms with van der Waals surface area (Å²) in [5.74, 6) is -0.790. The predicted octanol–water partition coefficient (Wildman–Crippen LogP) is 1.87. The van der Waals surface area contributed by atoms with Gasteiger partial charge in [-0.2, -0.15) is 0 Å². The second-order valence-electron chi connectivity index (χ2n) is 2.49. The van der Waals surface area contributed by atoms with E-state index in [0.29, 0.717) is 0 Å². The first-order valence-corrected chi connectivity index (χ1v) is 5.62. The third-order valence-electron chi connectivity index (χ3n) is 1.47. The summed E-state index contributed by atoms with van der Waals surface area (Å²) in [6.45, 7) is 0. The van der Waals surface area contributed by atoms with E-state index in [-0.39, 0.29) is 5.75 Å². The first-order chi connectivity index (χ1) is 6.75. The molecule has 0 aromatic carbocycles. The van der Waals surface area contributed by atoms with Gasteiger partial charge in [-0.3, -0.25) is 4.79 Å². The molecule has 0 saturated carbocycles. The van der Waals surface area contributed by atoms with Crippen LogP contribution in [-0.2, 0) is 4.79 Å². The molecule has 0 aliphatic heterocycles. The second kappa shape index (κ2) is 3.93. The van der Waals surface area contributed by atoms with Crippen LogP contribution in [0.2, 0.25) is 0 Å². The summed E-state index contributed by atoms with van der Waals surface area (Å²) in [5.41, 5.74) is 0.824. The number of thiazole rings is 1. The molecule has 2 aromatic rings. The highest BCUT2D eigenvalue weighted by atomic mass is 32.2. The molecule has 1 N–H and O–H groups in total. The number of carboxylic acid groups (broad SMARTS) is 1. The summed E-state index contributed by atoms with van der Waals surface area (Å²) < 4.78 is 0.751. The standard InChI is InChI=1S/C8H6N2O2S2/c11-6(12)4-13-8-10-5-2-1-3-9-7(5)14-8/h1-3H,4H2,(H,11,12). The molecule has 0 aliphatic carbocycles. The summed E-state index contributed by atoms with van der Waals surface area (Å²) in [5, 5.41) is 8.49. The van der Waals surface area contributed by atoms with Crippen molar-refractivity contribution in [3.63, 3.8) is 0 Å². The SMILES string of the molecule is O=C(O)CSc1nc2cccnc2s1. The minimum atomic E-state index is -0.831. The molecule has 0 amide bonds. The quantitative estimate of drug-likeness (QED) is 0.809. The van der Waals surface area contributed by atoms with Crippen molar-refractivity contribution in [3.8, 4) is 0 Å². The van der Waals surface area contributed by atoms with Crippen molar-refractivity contribution in [1.29, 1.82) is 0 Å². The van der Waals surface area contributed by atoms with Gasteiger partial charge in [0.1, 0.15) is 10.3 Å². The molecule has 0 unspecified atom stereocenters. The molecule has 2 aromatic heterocycles. The molecule has 0 spiro atoms. The van der Waals surface area contributed by atoms with E-state index < -0.39 is 5.97 Å². The van der Waals surface area contributed by atoms with Gasteiger partial charge in [-0.1, -0.05) is 23.1 Å². The first-order valence-electron chi connectivity index (χ1n) is 3.82. The number of hydrogen-bond donors (Lipinski definition) is 1. The highest BCUT2D eigenvalue weighted by molar-refractivity contribution is 8.01. The van der Waals surface area contributed by atoms with Crippen LogP contribution in [0.15, 0.2) is 22.7 Å². The number of rotatable bonds is 3. The highest BCUT2D eigenvalue weighted by Crippen LogP contribution is 2.27. The normalized spacial score (nSPS) is 10.6. The lowest BCUT2D eigenvalue weighted by Crippen LogP contribution is -1.96. The lowest BCUT2D eigenvalue weighted by atomic mass is 10.5. The topological polar surface area (TPSA) is 63.1 Å². The van der Waals surface area contributed by atoms with Gasteiger partial charge in [0.15, 0.2) is 4.34 Å². The average Bonchev–Trinajstić information content (AvgIpc) is 2.57. The van der Waals surface area contributed by atoms with Crippen LogP contribution in [0.3, 0.4) is 0 Å². The summed E-state index contributed by atoms with van der Waals surface area (Å²) in [4.78, 5) is 19.5. The number of nitrogens with zero attached hydrogens (tertiary/aromatic N) is 2. The Balaban J connectivity index is 2.22. The Labute approximate surface area is 88.0 Å². The smallest absolute Gasteiger partial charge is 0.313 e. The van der Waals surface area contributed by atoms with Crippen molar-refractivity contribution in [3.05, 3.63) is 18.3 Å². The number of fused-ring (bicyclic) bond motifs is 1. The lowest BCUT2D eigenvalue weighted by Gasteiger charge is -1.88. The van der Waals surface area contributed by atoms with Crippen LogP contribution in [0.4, 0.5) is 0 Å². The number of thioether (sulfide) groups is 1. The summed E-state index contributed by atoms with van der Waals surface area (Å²) in [6.07, 6.45) is 1.70. The maximum atomic E-state index is 10.3. The highest BCUT2D eigenvalue weighted by Gasteiger charge is 2.06. The van der Waals surface area contributed by atoms with Crippen LogP contribution in [0.25, 0.3) is 10.3 Å². The average molecular weight is 226 g/mol. The molecule has 0 saturated heterocycles. The molecule has 2 heterocycles. The largest absolute Gasteiger partial charge is 0.481 e. The van der Waals surface area contributed by atoms with Crippen molar-refractivity contribution >= 4 is 39.4 Å². The van der Waals surface area contributed by atoms with Gasteiger partial charge in [-0.25, -0.2) is 9.97 Å². The molecule has 72 valence electrons. The van der Waals surface area contributed by atoms with Gasteiger partial charge in [0.2, 0.25) is 0 Å². The van der Waals surface area contributed by atoms with Crippen LogP contribution in [-0.4, -0.2) is 26.8 Å². The number of carboxylic acids is 1. The molecule has 14 heavy (non-hydrogen) atoms. The Hall–Kier alpha value is -1.14. The Kier molecular flexibility index (Phi) is 2.64. The summed E-state index contributed by atoms with van der Waals surface area (Å²) >= 11 is 2.64. The fourth-order valence-electron chi connectivity index (χ4n) is 0.935. The van der Waals surface area contributed by atoms with Crippen molar-refractivity contribution in [2.24, 2.45) is 0 Å². The zero-order valence-corrected chi connectivity index (χ0v) is 8.64. The maximum Gasteiger partial charge on any atom is 0.313 e. The van der Waals surface area contributed by atoms with E-state index in [4.69, 9.17) is 5.11 Å². The van der Waals surface area contributed by atoms with Crippen LogP contribution in [0.5, 0.6) is 0 Å². The van der Waals surface area contributed by atoms with Gasteiger partial charge >= 0.3 is 5.97 Å². The number of pyridine rings is 1. The zero-order chi connectivity index (χ0) is 9.97. The molecular formula is C8H6N2O2S2. The van der Waals surface area contributed by atoms with E-state index in [1.807, 2.05) is 12.1 Å². The molecule has 0 atom stereocenters. The van der Waals surface area contributed by atoms with Crippen molar-refractivity contribution < 1.29 is 9.90 Å². The van der Waals surface area contributed by atoms with Gasteiger partial charge in [-0.05, 0) is 12.1 Å². The number of aromatic nitrogens is 2. The number of carbonyl (C=O) groups is 1. The molecule has 0 aliphatic rings. The first kappa shape index (κ1) is 9.42. The molecular weight excluding hydrogens is 220 g/mol. The molecule has 2 rings (SSSR count). The fraction of sp³-hybridized carbons (Fsp3) is 0.125. The van der Waals surface area contributed by atoms with Crippen molar-refractivity contribution in [2.75, 3.05) is 5.75 Å². The van der Waals surface area contributed by atoms with E-state index in [1.165, 1.54) is 23.1 Å². The maximum absolute atomic E-state index is 10.3. The zero-order valence-electron chi connectivity index (χ0n) is 7.01. The van der Waals surface area contributed by atoms with Gasteiger partial charge in [0.05, 0.1) is 5.75 Å². The minimum absolute atomic E-state index is 0.0415. The molecule has 0 bridgehead atoms. The van der Waals surface area contributed by atoms with E-state index >= 15 is 0 Å². The van der Waals surface area contributed by atoms with E-state index in [9.17, 15) is 4.79 Å². The summed E-state index contributed by atoms with van der Waals surface area (Å²) in [6, 6.07) is 3.68. The third-order valence-corrected chi connectivity index (χ3v) is 3.57. The fourth-order valence-corrected chi connectivity index (χ4v) is 2.64. The van der Waals surface area contributed by atoms with Crippen LogP contribution >= 0.6 is 23.1 Å². The molecule has 6 heteroatoms. The van der Waals surface area contributed by atoms with Gasteiger partial charge < -0.3 is 5.11 Å². The van der Waals surface area contributed by atoms with Gasteiger partial charge in [0.25, 0.3) is 0 Å². The van der Waals surface area contributed by atoms with Crippen molar-refractivity contribution in [2.45, 2.75) is 4.34 Å². The van der Waals surface area contributed by atoms with Crippen LogP contribution in [0, 0.1) is 0 Å². The van der Waals surface area contributed by atoms with E-state index in [2.05, 4.69) is 9.97 Å². The second-order valence-corrected chi connectivity index (χ2v) is 4.69. The minimum Gasteiger partial charge on any atom is -0.481 e. The lowest BCUT2D eigenvalue weighted by molar-refractivity contribution is -0.133. The monoisotopic (exact) mass is 226 g/mol. The molecule has 0 fully saturated rings. The molecule has 4 nitrogen and oxygen atoms in total. The predicted molar refractivity (Wildman–Crippen MR) is 55.8 cm³/mol. The number of aliphatic carboxylic acids is 1. The van der Waals surface area contributed by atoms with E-state index in [0.717, 1.165) is 14.7 Å². The number of hydrogen-bond acceptors (Lipinski definition) is 5. The Morgan fingerprint density at radius 3 is 3.21 bits per heavy atom. The Bertz CT molecular complexity index is 436. The van der Waals surface area contributed by atoms with Crippen LogP contribution < -0.4 is 0 Å². The van der Waals surface area contributed by atoms with Crippen molar-refractivity contribution in [1.82, 2.24) is 9.97 Å². The van der Waals surface area contributed by atoms with Crippen LogP contribution in [0.1, 0.15) is 0 Å². The van der Waals surface area contributed by atoms with Gasteiger partial charge in [0, 0.05) is 6.20 Å². The third kappa shape index (κ3) is 2.02. The summed E-state index contributed by atoms with van der Waals surface area (Å²) in [7, 11) is 0. The van der Waals surface area contributed by atoms with E-state index in [1.54, 1.807) is 6.20 Å². The Morgan fingerprint density at radius 1 is 1.64 bits per heavy atom. The molecule has 0 radical (unpaired) electrons.